The minimum atomic E-state index is -0.335. The van der Waals surface area contributed by atoms with Gasteiger partial charge in [-0.1, -0.05) is 12.8 Å². The molecule has 0 aliphatic heterocycles. The highest BCUT2D eigenvalue weighted by Gasteiger charge is 2.28. The van der Waals surface area contributed by atoms with E-state index >= 15 is 0 Å². The molecular weight excluding hydrogens is 268 g/mol. The van der Waals surface area contributed by atoms with Crippen molar-refractivity contribution < 1.29 is 5.11 Å². The van der Waals surface area contributed by atoms with Crippen LogP contribution in [-0.4, -0.2) is 52.3 Å². The molecule has 0 saturated heterocycles. The van der Waals surface area contributed by atoms with Gasteiger partial charge < -0.3 is 20.6 Å². The highest BCUT2D eigenvalue weighted by atomic mass is 16.3. The van der Waals surface area contributed by atoms with E-state index in [4.69, 9.17) is 5.73 Å². The summed E-state index contributed by atoms with van der Waals surface area (Å²) in [5.74, 6) is 1.36. The van der Waals surface area contributed by atoms with E-state index < -0.39 is 0 Å². The zero-order valence-electron chi connectivity index (χ0n) is 13.2. The SMILES string of the molecule is CCN(CC)c1nc(N)nc(N(C)C2CCCCC2O)n1. The average molecular weight is 294 g/mol. The van der Waals surface area contributed by atoms with Crippen LogP contribution < -0.4 is 15.5 Å². The number of hydrogen-bond donors (Lipinski definition) is 2. The van der Waals surface area contributed by atoms with Gasteiger partial charge in [-0.25, -0.2) is 0 Å². The van der Waals surface area contributed by atoms with Crippen LogP contribution in [0.25, 0.3) is 0 Å². The van der Waals surface area contributed by atoms with Crippen LogP contribution in [0.4, 0.5) is 17.8 Å². The Morgan fingerprint density at radius 1 is 1.10 bits per heavy atom. The molecule has 2 unspecified atom stereocenters. The third kappa shape index (κ3) is 3.53. The van der Waals surface area contributed by atoms with Gasteiger partial charge in [0.15, 0.2) is 0 Å². The quantitative estimate of drug-likeness (QED) is 0.838. The predicted octanol–water partition coefficient (Wildman–Crippen LogP) is 1.04. The number of aliphatic hydroxyl groups is 1. The van der Waals surface area contributed by atoms with E-state index in [1.54, 1.807) is 0 Å². The second-order valence-corrected chi connectivity index (χ2v) is 5.50. The van der Waals surface area contributed by atoms with Crippen LogP contribution >= 0.6 is 0 Å². The Morgan fingerprint density at radius 2 is 1.71 bits per heavy atom. The molecule has 7 heteroatoms. The Balaban J connectivity index is 2.25. The fourth-order valence-corrected chi connectivity index (χ4v) is 2.87. The highest BCUT2D eigenvalue weighted by molar-refractivity contribution is 5.43. The molecule has 118 valence electrons. The van der Waals surface area contributed by atoms with Crippen LogP contribution in [0, 0.1) is 0 Å². The molecule has 0 spiro atoms. The first-order chi connectivity index (χ1) is 10.1. The van der Waals surface area contributed by atoms with Crippen LogP contribution in [0.15, 0.2) is 0 Å². The van der Waals surface area contributed by atoms with Gasteiger partial charge in [0.1, 0.15) is 0 Å². The molecule has 3 N–H and O–H groups in total. The molecule has 1 aliphatic carbocycles. The van der Waals surface area contributed by atoms with Gasteiger partial charge in [0.05, 0.1) is 12.1 Å². The van der Waals surface area contributed by atoms with Crippen LogP contribution in [0.2, 0.25) is 0 Å². The maximum absolute atomic E-state index is 10.2. The van der Waals surface area contributed by atoms with Gasteiger partial charge in [-0.2, -0.15) is 15.0 Å². The lowest BCUT2D eigenvalue weighted by Gasteiger charge is -2.35. The van der Waals surface area contributed by atoms with E-state index in [2.05, 4.69) is 28.8 Å². The molecule has 21 heavy (non-hydrogen) atoms. The smallest absolute Gasteiger partial charge is 0.232 e. The Kier molecular flexibility index (Phi) is 5.17. The number of nitrogen functional groups attached to an aromatic ring is 1. The molecule has 1 saturated carbocycles. The van der Waals surface area contributed by atoms with E-state index in [9.17, 15) is 5.11 Å². The van der Waals surface area contributed by atoms with Crippen LogP contribution in [0.5, 0.6) is 0 Å². The minimum absolute atomic E-state index is 0.0464. The number of hydrogen-bond acceptors (Lipinski definition) is 7. The molecular formula is C14H26N6O. The van der Waals surface area contributed by atoms with Crippen molar-refractivity contribution >= 4 is 17.8 Å². The predicted molar refractivity (Wildman–Crippen MR) is 84.5 cm³/mol. The number of aromatic nitrogens is 3. The standard InChI is InChI=1S/C14H26N6O/c1-4-20(5-2)14-17-12(15)16-13(18-14)19(3)10-8-6-7-9-11(10)21/h10-11,21H,4-9H2,1-3H3,(H2,15,16,17,18). The van der Waals surface area contributed by atoms with Gasteiger partial charge in [-0.3, -0.25) is 0 Å². The summed E-state index contributed by atoms with van der Waals surface area (Å²) < 4.78 is 0. The third-order valence-corrected chi connectivity index (χ3v) is 4.18. The van der Waals surface area contributed by atoms with Gasteiger partial charge in [0.2, 0.25) is 17.8 Å². The zero-order valence-corrected chi connectivity index (χ0v) is 13.2. The summed E-state index contributed by atoms with van der Waals surface area (Å²) in [4.78, 5) is 17.0. The van der Waals surface area contributed by atoms with Crippen molar-refractivity contribution in [3.8, 4) is 0 Å². The van der Waals surface area contributed by atoms with Crippen LogP contribution in [-0.2, 0) is 0 Å². The van der Waals surface area contributed by atoms with Crippen molar-refractivity contribution in [1.29, 1.82) is 0 Å². The first-order valence-electron chi connectivity index (χ1n) is 7.74. The number of likely N-dealkylation sites (N-methyl/N-ethyl adjacent to an activating group) is 1. The molecule has 1 aromatic rings. The Hall–Kier alpha value is -1.63. The molecule has 1 aromatic heterocycles. The molecule has 2 atom stereocenters. The van der Waals surface area contributed by atoms with Crippen molar-refractivity contribution in [2.45, 2.75) is 51.7 Å². The van der Waals surface area contributed by atoms with E-state index in [0.717, 1.165) is 38.8 Å². The number of rotatable bonds is 5. The fraction of sp³-hybridized carbons (Fsp3) is 0.786. The normalized spacial score (nSPS) is 22.1. The third-order valence-electron chi connectivity index (χ3n) is 4.18. The second-order valence-electron chi connectivity index (χ2n) is 5.50. The molecule has 1 fully saturated rings. The van der Waals surface area contributed by atoms with Gasteiger partial charge in [-0.15, -0.1) is 0 Å². The molecule has 1 aliphatic rings. The van der Waals surface area contributed by atoms with Gasteiger partial charge >= 0.3 is 0 Å². The molecule has 0 bridgehead atoms. The van der Waals surface area contributed by atoms with Gasteiger partial charge in [0, 0.05) is 20.1 Å². The van der Waals surface area contributed by atoms with Crippen molar-refractivity contribution in [3.05, 3.63) is 0 Å². The summed E-state index contributed by atoms with van der Waals surface area (Å²) in [5, 5.41) is 10.2. The largest absolute Gasteiger partial charge is 0.391 e. The molecule has 1 heterocycles. The summed E-state index contributed by atoms with van der Waals surface area (Å²) in [6, 6.07) is 0.0464. The molecule has 7 nitrogen and oxygen atoms in total. The van der Waals surface area contributed by atoms with Crippen molar-refractivity contribution in [2.75, 3.05) is 35.7 Å². The first kappa shape index (κ1) is 15.8. The summed E-state index contributed by atoms with van der Waals surface area (Å²) in [7, 11) is 1.92. The lowest BCUT2D eigenvalue weighted by molar-refractivity contribution is 0.105. The van der Waals surface area contributed by atoms with E-state index in [-0.39, 0.29) is 18.1 Å². The first-order valence-corrected chi connectivity index (χ1v) is 7.74. The molecule has 0 amide bonds. The van der Waals surface area contributed by atoms with Crippen molar-refractivity contribution in [3.63, 3.8) is 0 Å². The lowest BCUT2D eigenvalue weighted by Crippen LogP contribution is -2.44. The Morgan fingerprint density at radius 3 is 2.33 bits per heavy atom. The molecule has 0 aromatic carbocycles. The van der Waals surface area contributed by atoms with E-state index in [1.807, 2.05) is 16.8 Å². The number of aliphatic hydroxyl groups excluding tert-OH is 1. The van der Waals surface area contributed by atoms with E-state index in [1.165, 1.54) is 0 Å². The number of anilines is 3. The monoisotopic (exact) mass is 294 g/mol. The molecule has 0 radical (unpaired) electrons. The number of nitrogens with zero attached hydrogens (tertiary/aromatic N) is 5. The second kappa shape index (κ2) is 6.89. The zero-order chi connectivity index (χ0) is 15.4. The van der Waals surface area contributed by atoms with Crippen molar-refractivity contribution in [1.82, 2.24) is 15.0 Å². The van der Waals surface area contributed by atoms with E-state index in [0.29, 0.717) is 11.9 Å². The van der Waals surface area contributed by atoms with Gasteiger partial charge in [0.25, 0.3) is 0 Å². The maximum atomic E-state index is 10.2. The summed E-state index contributed by atoms with van der Waals surface area (Å²) in [6.45, 7) is 5.74. The summed E-state index contributed by atoms with van der Waals surface area (Å²) in [6.07, 6.45) is 3.64. The Labute approximate surface area is 126 Å². The summed E-state index contributed by atoms with van der Waals surface area (Å²) >= 11 is 0. The Bertz CT molecular complexity index is 465. The van der Waals surface area contributed by atoms with Crippen LogP contribution in [0.3, 0.4) is 0 Å². The minimum Gasteiger partial charge on any atom is -0.391 e. The molecule has 2 rings (SSSR count). The lowest BCUT2D eigenvalue weighted by atomic mass is 9.92. The van der Waals surface area contributed by atoms with Crippen molar-refractivity contribution in [2.24, 2.45) is 0 Å². The van der Waals surface area contributed by atoms with Gasteiger partial charge in [-0.05, 0) is 26.7 Å². The van der Waals surface area contributed by atoms with Crippen LogP contribution in [0.1, 0.15) is 39.5 Å². The average Bonchev–Trinajstić information content (AvgIpc) is 2.48. The maximum Gasteiger partial charge on any atom is 0.232 e. The number of nitrogens with two attached hydrogens (primary N) is 1. The summed E-state index contributed by atoms with van der Waals surface area (Å²) in [5.41, 5.74) is 5.83. The topological polar surface area (TPSA) is 91.4 Å². The highest BCUT2D eigenvalue weighted by Crippen LogP contribution is 2.25. The fourth-order valence-electron chi connectivity index (χ4n) is 2.87.